The molecule has 1 aromatic carbocycles. The summed E-state index contributed by atoms with van der Waals surface area (Å²) in [6.07, 6.45) is 7.88. The van der Waals surface area contributed by atoms with Gasteiger partial charge in [-0.15, -0.1) is 0 Å². The predicted octanol–water partition coefficient (Wildman–Crippen LogP) is 3.41. The number of nitrogens with one attached hydrogen (secondary N) is 1. The fourth-order valence-corrected chi connectivity index (χ4v) is 2.24. The molecule has 0 heterocycles. The second kappa shape index (κ2) is 5.86. The molecule has 1 atom stereocenters. The van der Waals surface area contributed by atoms with Gasteiger partial charge in [0.25, 0.3) is 0 Å². The van der Waals surface area contributed by atoms with Crippen molar-refractivity contribution in [2.24, 2.45) is 0 Å². The maximum atomic E-state index is 8.75. The van der Waals surface area contributed by atoms with Crippen LogP contribution in [0.3, 0.4) is 0 Å². The normalized spacial score (nSPS) is 18.9. The summed E-state index contributed by atoms with van der Waals surface area (Å²) in [6, 6.07) is 8.09. The first-order valence-electron chi connectivity index (χ1n) is 5.86. The fourth-order valence-electron chi connectivity index (χ4n) is 1.99. The molecule has 0 fully saturated rings. The molecule has 1 aliphatic carbocycles. The molecule has 0 radical (unpaired) electrons. The quantitative estimate of drug-likeness (QED) is 0.830. The fraction of sp³-hybridized carbons (Fsp3) is 0.357. The van der Waals surface area contributed by atoms with E-state index in [1.54, 1.807) is 6.07 Å². The molecule has 2 rings (SSSR count). The number of hydrogen-bond acceptors (Lipinski definition) is 2. The minimum Gasteiger partial charge on any atom is -0.310 e. The third kappa shape index (κ3) is 3.33. The van der Waals surface area contributed by atoms with Crippen LogP contribution in [0.2, 0.25) is 5.02 Å². The van der Waals surface area contributed by atoms with E-state index < -0.39 is 0 Å². The summed E-state index contributed by atoms with van der Waals surface area (Å²) in [5, 5.41) is 12.9. The van der Waals surface area contributed by atoms with Crippen LogP contribution in [0.1, 0.15) is 30.4 Å². The van der Waals surface area contributed by atoms with Crippen LogP contribution in [0, 0.1) is 11.3 Å². The molecule has 0 saturated heterocycles. The third-order valence-corrected chi connectivity index (χ3v) is 3.38. The van der Waals surface area contributed by atoms with Crippen LogP contribution >= 0.6 is 11.6 Å². The lowest BCUT2D eigenvalue weighted by Gasteiger charge is -2.19. The number of rotatable bonds is 3. The molecule has 0 saturated carbocycles. The molecule has 1 aliphatic rings. The van der Waals surface area contributed by atoms with E-state index in [2.05, 4.69) is 23.5 Å². The molecule has 3 heteroatoms. The molecule has 88 valence electrons. The minimum atomic E-state index is 0.548. The SMILES string of the molecule is N#Cc1ccc(CNC2CC=CCC2)c(Cl)c1. The van der Waals surface area contributed by atoms with E-state index in [4.69, 9.17) is 16.9 Å². The Kier molecular flexibility index (Phi) is 4.19. The van der Waals surface area contributed by atoms with E-state index >= 15 is 0 Å². The highest BCUT2D eigenvalue weighted by atomic mass is 35.5. The summed E-state index contributed by atoms with van der Waals surface area (Å²) in [6.45, 7) is 0.767. The molecule has 17 heavy (non-hydrogen) atoms. The van der Waals surface area contributed by atoms with Gasteiger partial charge in [0.2, 0.25) is 0 Å². The van der Waals surface area contributed by atoms with Crippen molar-refractivity contribution in [3.63, 3.8) is 0 Å². The highest BCUT2D eigenvalue weighted by molar-refractivity contribution is 6.31. The number of nitrogens with zero attached hydrogens (tertiary/aromatic N) is 1. The molecular formula is C14H15ClN2. The number of halogens is 1. The van der Waals surface area contributed by atoms with Gasteiger partial charge in [-0.05, 0) is 37.0 Å². The number of nitriles is 1. The first kappa shape index (κ1) is 12.2. The van der Waals surface area contributed by atoms with Gasteiger partial charge in [-0.2, -0.15) is 5.26 Å². The lowest BCUT2D eigenvalue weighted by atomic mass is 10.0. The molecule has 1 aromatic rings. The molecule has 0 aromatic heterocycles. The van der Waals surface area contributed by atoms with Gasteiger partial charge in [-0.1, -0.05) is 29.8 Å². The van der Waals surface area contributed by atoms with Crippen LogP contribution in [-0.2, 0) is 6.54 Å². The summed E-state index contributed by atoms with van der Waals surface area (Å²) >= 11 is 6.12. The highest BCUT2D eigenvalue weighted by Crippen LogP contribution is 2.18. The van der Waals surface area contributed by atoms with Crippen LogP contribution in [0.15, 0.2) is 30.4 Å². The second-order valence-corrected chi connectivity index (χ2v) is 4.69. The molecule has 1 N–H and O–H groups in total. The maximum Gasteiger partial charge on any atom is 0.0992 e. The molecule has 0 bridgehead atoms. The Morgan fingerprint density at radius 3 is 2.94 bits per heavy atom. The van der Waals surface area contributed by atoms with Crippen molar-refractivity contribution in [1.82, 2.24) is 5.32 Å². The zero-order chi connectivity index (χ0) is 12.1. The van der Waals surface area contributed by atoms with E-state index in [0.29, 0.717) is 16.6 Å². The van der Waals surface area contributed by atoms with E-state index in [0.717, 1.165) is 24.9 Å². The van der Waals surface area contributed by atoms with Crippen molar-refractivity contribution >= 4 is 11.6 Å². The van der Waals surface area contributed by atoms with E-state index in [-0.39, 0.29) is 0 Å². The standard InChI is InChI=1S/C14H15ClN2/c15-14-8-11(9-16)6-7-12(14)10-17-13-4-2-1-3-5-13/h1-2,6-8,13,17H,3-5,10H2. The van der Waals surface area contributed by atoms with Gasteiger partial charge in [0, 0.05) is 17.6 Å². The van der Waals surface area contributed by atoms with Crippen LogP contribution in [0.4, 0.5) is 0 Å². The van der Waals surface area contributed by atoms with Crippen molar-refractivity contribution in [2.75, 3.05) is 0 Å². The van der Waals surface area contributed by atoms with Gasteiger partial charge in [-0.25, -0.2) is 0 Å². The molecule has 1 unspecified atom stereocenters. The molecular weight excluding hydrogens is 232 g/mol. The van der Waals surface area contributed by atoms with Gasteiger partial charge >= 0.3 is 0 Å². The zero-order valence-corrected chi connectivity index (χ0v) is 10.4. The smallest absolute Gasteiger partial charge is 0.0992 e. The van der Waals surface area contributed by atoms with Crippen LogP contribution in [0.5, 0.6) is 0 Å². The van der Waals surface area contributed by atoms with Gasteiger partial charge in [0.05, 0.1) is 11.6 Å². The van der Waals surface area contributed by atoms with Crippen molar-refractivity contribution in [1.29, 1.82) is 5.26 Å². The topological polar surface area (TPSA) is 35.8 Å². The third-order valence-electron chi connectivity index (χ3n) is 3.03. The van der Waals surface area contributed by atoms with Crippen LogP contribution in [-0.4, -0.2) is 6.04 Å². The zero-order valence-electron chi connectivity index (χ0n) is 9.62. The first-order valence-corrected chi connectivity index (χ1v) is 6.24. The van der Waals surface area contributed by atoms with Crippen molar-refractivity contribution in [3.8, 4) is 6.07 Å². The highest BCUT2D eigenvalue weighted by Gasteiger charge is 2.09. The molecule has 0 aliphatic heterocycles. The first-order chi connectivity index (χ1) is 8.29. The summed E-state index contributed by atoms with van der Waals surface area (Å²) in [5.41, 5.74) is 1.67. The summed E-state index contributed by atoms with van der Waals surface area (Å²) < 4.78 is 0. The summed E-state index contributed by atoms with van der Waals surface area (Å²) in [5.74, 6) is 0. The van der Waals surface area contributed by atoms with Crippen molar-refractivity contribution in [3.05, 3.63) is 46.5 Å². The monoisotopic (exact) mass is 246 g/mol. The van der Waals surface area contributed by atoms with Gasteiger partial charge in [0.15, 0.2) is 0 Å². The van der Waals surface area contributed by atoms with E-state index in [1.165, 1.54) is 6.42 Å². The van der Waals surface area contributed by atoms with Crippen molar-refractivity contribution < 1.29 is 0 Å². The Morgan fingerprint density at radius 2 is 2.29 bits per heavy atom. The maximum absolute atomic E-state index is 8.75. The number of hydrogen-bond donors (Lipinski definition) is 1. The number of benzene rings is 1. The van der Waals surface area contributed by atoms with Crippen LogP contribution < -0.4 is 5.32 Å². The number of allylic oxidation sites excluding steroid dienone is 1. The molecule has 0 spiro atoms. The average Bonchev–Trinajstić information content (AvgIpc) is 2.38. The Morgan fingerprint density at radius 1 is 1.41 bits per heavy atom. The Labute approximate surface area is 107 Å². The Bertz CT molecular complexity index is 460. The summed E-state index contributed by atoms with van der Waals surface area (Å²) in [4.78, 5) is 0. The van der Waals surface area contributed by atoms with Gasteiger partial charge in [0.1, 0.15) is 0 Å². The summed E-state index contributed by atoms with van der Waals surface area (Å²) in [7, 11) is 0. The largest absolute Gasteiger partial charge is 0.310 e. The second-order valence-electron chi connectivity index (χ2n) is 4.28. The Balaban J connectivity index is 1.95. The Hall–Kier alpha value is -1.30. The molecule has 0 amide bonds. The van der Waals surface area contributed by atoms with E-state index in [1.807, 2.05) is 12.1 Å². The van der Waals surface area contributed by atoms with Gasteiger partial charge in [-0.3, -0.25) is 0 Å². The minimum absolute atomic E-state index is 0.548. The lowest BCUT2D eigenvalue weighted by molar-refractivity contribution is 0.474. The average molecular weight is 247 g/mol. The van der Waals surface area contributed by atoms with Crippen LogP contribution in [0.25, 0.3) is 0 Å². The van der Waals surface area contributed by atoms with E-state index in [9.17, 15) is 0 Å². The molecule has 2 nitrogen and oxygen atoms in total. The lowest BCUT2D eigenvalue weighted by Crippen LogP contribution is -2.29. The van der Waals surface area contributed by atoms with Crippen molar-refractivity contribution in [2.45, 2.75) is 31.8 Å². The van der Waals surface area contributed by atoms with Gasteiger partial charge < -0.3 is 5.32 Å². The predicted molar refractivity (Wildman–Crippen MR) is 69.8 cm³/mol.